The molecule has 2 heterocycles. The van der Waals surface area contributed by atoms with Gasteiger partial charge in [-0.25, -0.2) is 13.4 Å². The van der Waals surface area contributed by atoms with Gasteiger partial charge in [-0.05, 0) is 37.6 Å². The molecule has 5 nitrogen and oxygen atoms in total. The Balaban J connectivity index is 1.62. The number of hydrogen-bond acceptors (Lipinski definition) is 6. The van der Waals surface area contributed by atoms with Crippen LogP contribution < -0.4 is 5.32 Å². The number of thiazole rings is 1. The Bertz CT molecular complexity index is 1040. The zero-order chi connectivity index (χ0) is 18.7. The second-order valence-electron chi connectivity index (χ2n) is 5.79. The number of rotatable bonds is 6. The van der Waals surface area contributed by atoms with Crippen molar-refractivity contribution in [1.29, 1.82) is 0 Å². The van der Waals surface area contributed by atoms with Gasteiger partial charge in [0.1, 0.15) is 0 Å². The van der Waals surface area contributed by atoms with Crippen LogP contribution in [0.5, 0.6) is 0 Å². The standard InChI is InChI=1S/C18H18N2O3S3/c1-12-20-15(11-24-12)16-8-7-13(25-16)9-10-19-18(21)14-5-3-4-6-17(14)26(2,22)23/h3-8,11H,9-10H2,1-2H3,(H,19,21). The lowest BCUT2D eigenvalue weighted by molar-refractivity contribution is 0.0951. The van der Waals surface area contributed by atoms with Gasteiger partial charge in [0, 0.05) is 23.1 Å². The number of aromatic nitrogens is 1. The van der Waals surface area contributed by atoms with Gasteiger partial charge >= 0.3 is 0 Å². The van der Waals surface area contributed by atoms with Crippen LogP contribution in [0.4, 0.5) is 0 Å². The molecule has 0 aliphatic carbocycles. The zero-order valence-electron chi connectivity index (χ0n) is 14.4. The summed E-state index contributed by atoms with van der Waals surface area (Å²) in [5.74, 6) is -0.377. The lowest BCUT2D eigenvalue weighted by atomic mass is 10.2. The fourth-order valence-electron chi connectivity index (χ4n) is 2.50. The second kappa shape index (κ2) is 7.69. The monoisotopic (exact) mass is 406 g/mol. The van der Waals surface area contributed by atoms with Crippen LogP contribution in [0, 0.1) is 6.92 Å². The molecular formula is C18H18N2O3S3. The molecule has 0 saturated carbocycles. The maximum absolute atomic E-state index is 12.4. The molecule has 0 aliphatic rings. The molecule has 0 radical (unpaired) electrons. The van der Waals surface area contributed by atoms with E-state index >= 15 is 0 Å². The van der Waals surface area contributed by atoms with Gasteiger partial charge in [0.25, 0.3) is 5.91 Å². The van der Waals surface area contributed by atoms with Crippen molar-refractivity contribution < 1.29 is 13.2 Å². The lowest BCUT2D eigenvalue weighted by Gasteiger charge is -2.08. The van der Waals surface area contributed by atoms with Crippen LogP contribution in [0.1, 0.15) is 20.2 Å². The van der Waals surface area contributed by atoms with Crippen molar-refractivity contribution in [3.63, 3.8) is 0 Å². The predicted molar refractivity (Wildman–Crippen MR) is 106 cm³/mol. The predicted octanol–water partition coefficient (Wildman–Crippen LogP) is 3.56. The van der Waals surface area contributed by atoms with Gasteiger partial charge in [-0.3, -0.25) is 4.79 Å². The number of carbonyl (C=O) groups excluding carboxylic acids is 1. The van der Waals surface area contributed by atoms with Crippen LogP contribution in [-0.4, -0.2) is 32.1 Å². The summed E-state index contributed by atoms with van der Waals surface area (Å²) in [4.78, 5) is 19.1. The minimum absolute atomic E-state index is 0.0508. The first kappa shape index (κ1) is 18.8. The quantitative estimate of drug-likeness (QED) is 0.679. The molecule has 8 heteroatoms. The van der Waals surface area contributed by atoms with Gasteiger partial charge < -0.3 is 5.32 Å². The molecular weight excluding hydrogens is 388 g/mol. The third kappa shape index (κ3) is 4.38. The van der Waals surface area contributed by atoms with Crippen LogP contribution in [0.2, 0.25) is 0 Å². The minimum Gasteiger partial charge on any atom is -0.352 e. The third-order valence-corrected chi connectivity index (χ3v) is 6.82. The van der Waals surface area contributed by atoms with E-state index in [0.717, 1.165) is 26.7 Å². The SMILES string of the molecule is Cc1nc(-c2ccc(CCNC(=O)c3ccccc3S(C)(=O)=O)s2)cs1. The van der Waals surface area contributed by atoms with Crippen molar-refractivity contribution >= 4 is 38.4 Å². The number of benzene rings is 1. The highest BCUT2D eigenvalue weighted by Crippen LogP contribution is 2.29. The topological polar surface area (TPSA) is 76.1 Å². The Hall–Kier alpha value is -2.03. The summed E-state index contributed by atoms with van der Waals surface area (Å²) in [6.07, 6.45) is 1.78. The smallest absolute Gasteiger partial charge is 0.252 e. The van der Waals surface area contributed by atoms with Crippen LogP contribution in [-0.2, 0) is 16.3 Å². The molecule has 26 heavy (non-hydrogen) atoms. The molecule has 1 aromatic carbocycles. The highest BCUT2D eigenvalue weighted by molar-refractivity contribution is 7.90. The molecule has 3 aromatic rings. The first-order valence-electron chi connectivity index (χ1n) is 7.93. The molecule has 0 spiro atoms. The van der Waals surface area contributed by atoms with Crippen LogP contribution in [0.15, 0.2) is 46.7 Å². The first-order chi connectivity index (χ1) is 12.3. The number of nitrogens with one attached hydrogen (secondary N) is 1. The maximum atomic E-state index is 12.4. The summed E-state index contributed by atoms with van der Waals surface area (Å²) in [6.45, 7) is 2.42. The van der Waals surface area contributed by atoms with E-state index in [1.54, 1.807) is 34.8 Å². The van der Waals surface area contributed by atoms with Crippen LogP contribution >= 0.6 is 22.7 Å². The second-order valence-corrected chi connectivity index (χ2v) is 10.0. The number of amides is 1. The van der Waals surface area contributed by atoms with Crippen molar-refractivity contribution in [3.8, 4) is 10.6 Å². The molecule has 1 amide bonds. The Kier molecular flexibility index (Phi) is 5.55. The molecule has 0 atom stereocenters. The highest BCUT2D eigenvalue weighted by Gasteiger charge is 2.17. The Morgan fingerprint density at radius 1 is 1.19 bits per heavy atom. The molecule has 1 N–H and O–H groups in total. The summed E-state index contributed by atoms with van der Waals surface area (Å²) in [5, 5.41) is 5.87. The Morgan fingerprint density at radius 2 is 1.96 bits per heavy atom. The summed E-state index contributed by atoms with van der Waals surface area (Å²) in [7, 11) is -3.45. The first-order valence-corrected chi connectivity index (χ1v) is 11.5. The Labute approximate surface area is 160 Å². The normalized spacial score (nSPS) is 11.5. The molecule has 2 aromatic heterocycles. The van der Waals surface area contributed by atoms with E-state index < -0.39 is 9.84 Å². The van der Waals surface area contributed by atoms with Gasteiger partial charge in [-0.1, -0.05) is 12.1 Å². The van der Waals surface area contributed by atoms with E-state index in [1.165, 1.54) is 12.1 Å². The molecule has 136 valence electrons. The number of sulfone groups is 1. The number of thiophene rings is 1. The van der Waals surface area contributed by atoms with E-state index in [4.69, 9.17) is 0 Å². The van der Waals surface area contributed by atoms with Crippen LogP contribution in [0.25, 0.3) is 10.6 Å². The van der Waals surface area contributed by atoms with Gasteiger partial charge in [0.05, 0.1) is 26.0 Å². The number of aryl methyl sites for hydroxylation is 1. The van der Waals surface area contributed by atoms with Crippen LogP contribution in [0.3, 0.4) is 0 Å². The van der Waals surface area contributed by atoms with E-state index in [9.17, 15) is 13.2 Å². The maximum Gasteiger partial charge on any atom is 0.252 e. The summed E-state index contributed by atoms with van der Waals surface area (Å²) >= 11 is 3.27. The fourth-order valence-corrected chi connectivity index (χ4v) is 5.04. The van der Waals surface area contributed by atoms with Crippen molar-refractivity contribution in [2.45, 2.75) is 18.2 Å². The number of carbonyl (C=O) groups is 1. The third-order valence-electron chi connectivity index (χ3n) is 3.72. The van der Waals surface area contributed by atoms with Gasteiger partial charge in [-0.15, -0.1) is 22.7 Å². The number of hydrogen-bond donors (Lipinski definition) is 1. The van der Waals surface area contributed by atoms with Crippen molar-refractivity contribution in [3.05, 3.63) is 57.2 Å². The van der Waals surface area contributed by atoms with Gasteiger partial charge in [0.2, 0.25) is 0 Å². The average molecular weight is 407 g/mol. The summed E-state index contributed by atoms with van der Waals surface area (Å²) in [6, 6.07) is 10.3. The van der Waals surface area contributed by atoms with E-state index in [0.29, 0.717) is 13.0 Å². The van der Waals surface area contributed by atoms with E-state index in [1.807, 2.05) is 24.4 Å². The highest BCUT2D eigenvalue weighted by atomic mass is 32.2. The summed E-state index contributed by atoms with van der Waals surface area (Å²) in [5.41, 5.74) is 1.16. The van der Waals surface area contributed by atoms with Gasteiger partial charge in [-0.2, -0.15) is 0 Å². The van der Waals surface area contributed by atoms with E-state index in [-0.39, 0.29) is 16.4 Å². The van der Waals surface area contributed by atoms with Crippen molar-refractivity contribution in [2.24, 2.45) is 0 Å². The lowest BCUT2D eigenvalue weighted by Crippen LogP contribution is -2.27. The molecule has 0 bridgehead atoms. The Morgan fingerprint density at radius 3 is 2.65 bits per heavy atom. The summed E-state index contributed by atoms with van der Waals surface area (Å²) < 4.78 is 23.6. The molecule has 0 fully saturated rings. The van der Waals surface area contributed by atoms with Crippen molar-refractivity contribution in [2.75, 3.05) is 12.8 Å². The minimum atomic E-state index is -3.45. The zero-order valence-corrected chi connectivity index (χ0v) is 16.8. The number of nitrogens with zero attached hydrogens (tertiary/aromatic N) is 1. The fraction of sp³-hybridized carbons (Fsp3) is 0.222. The average Bonchev–Trinajstić information content (AvgIpc) is 3.23. The molecule has 0 saturated heterocycles. The molecule has 3 rings (SSSR count). The van der Waals surface area contributed by atoms with Gasteiger partial charge in [0.15, 0.2) is 9.84 Å². The molecule has 0 aliphatic heterocycles. The van der Waals surface area contributed by atoms with Crippen molar-refractivity contribution in [1.82, 2.24) is 10.3 Å². The molecule has 0 unspecified atom stereocenters. The van der Waals surface area contributed by atoms with E-state index in [2.05, 4.69) is 10.3 Å². The largest absolute Gasteiger partial charge is 0.352 e.